The zero-order chi connectivity index (χ0) is 29.1. The van der Waals surface area contributed by atoms with Gasteiger partial charge in [-0.2, -0.15) is 9.35 Å². The van der Waals surface area contributed by atoms with Crippen molar-refractivity contribution >= 4 is 50.0 Å². The molecule has 0 radical (unpaired) electrons. The number of hydrogen-bond donors (Lipinski definition) is 1. The average molecular weight is 581 g/mol. The van der Waals surface area contributed by atoms with E-state index in [1.54, 1.807) is 27.7 Å². The molecule has 1 aliphatic heterocycles. The normalized spacial score (nSPS) is 13.9. The number of piperazine rings is 1. The highest BCUT2D eigenvalue weighted by molar-refractivity contribution is 7.92. The van der Waals surface area contributed by atoms with Gasteiger partial charge in [-0.05, 0) is 42.8 Å². The van der Waals surface area contributed by atoms with Crippen LogP contribution in [0.1, 0.15) is 19.0 Å². The molecule has 0 atom stereocenters. The summed E-state index contributed by atoms with van der Waals surface area (Å²) in [6.07, 6.45) is 5.44. The van der Waals surface area contributed by atoms with E-state index < -0.39 is 9.73 Å². The average Bonchev–Trinajstić information content (AvgIpc) is 3.23. The molecule has 3 aromatic heterocycles. The minimum atomic E-state index is -2.42. The summed E-state index contributed by atoms with van der Waals surface area (Å²) in [4.78, 5) is 29.3. The number of carbonyl (C=O) groups excluding carboxylic acids is 1. The predicted molar refractivity (Wildman–Crippen MR) is 159 cm³/mol. The number of methoxy groups -OCH3 is 1. The Morgan fingerprint density at radius 3 is 2.49 bits per heavy atom. The number of benzene rings is 1. The second kappa shape index (κ2) is 11.7. The fourth-order valence-electron chi connectivity index (χ4n) is 4.82. The highest BCUT2D eigenvalue weighted by Crippen LogP contribution is 2.29. The van der Waals surface area contributed by atoms with Crippen LogP contribution in [0.4, 0.5) is 32.3 Å². The molecule has 1 aromatic carbocycles. The largest absolute Gasteiger partial charge is 0.453 e. The number of carbonyl (C=O) groups is 1. The molecule has 0 spiro atoms. The molecule has 0 saturated carbocycles. The van der Waals surface area contributed by atoms with Crippen LogP contribution < -0.4 is 10.2 Å². The molecule has 216 valence electrons. The smallest absolute Gasteiger partial charge is 0.409 e. The van der Waals surface area contributed by atoms with Gasteiger partial charge in [-0.15, -0.1) is 0 Å². The van der Waals surface area contributed by atoms with Gasteiger partial charge in [0.2, 0.25) is 5.95 Å². The number of fused-ring (bicyclic) bond motifs is 1. The lowest BCUT2D eigenvalue weighted by Crippen LogP contribution is -2.48. The second-order valence-corrected chi connectivity index (χ2v) is 12.6. The number of hydrogen-bond acceptors (Lipinski definition) is 9. The highest BCUT2D eigenvalue weighted by Gasteiger charge is 2.23. The summed E-state index contributed by atoms with van der Waals surface area (Å²) in [5.74, 6) is 0.670. The van der Waals surface area contributed by atoms with Crippen molar-refractivity contribution in [3.63, 3.8) is 0 Å². The summed E-state index contributed by atoms with van der Waals surface area (Å²) >= 11 is 0. The Morgan fingerprint density at radius 2 is 1.83 bits per heavy atom. The molecule has 13 heteroatoms. The van der Waals surface area contributed by atoms with E-state index in [1.807, 2.05) is 31.2 Å². The lowest BCUT2D eigenvalue weighted by Gasteiger charge is -2.35. The molecular formula is C28H33FN8O3S. The second-order valence-electron chi connectivity index (χ2n) is 10.0. The van der Waals surface area contributed by atoms with Crippen molar-refractivity contribution in [3.05, 3.63) is 60.2 Å². The van der Waals surface area contributed by atoms with E-state index in [0.29, 0.717) is 66.9 Å². The minimum absolute atomic E-state index is 0.291. The lowest BCUT2D eigenvalue weighted by atomic mass is 10.2. The Kier molecular flexibility index (Phi) is 8.06. The summed E-state index contributed by atoms with van der Waals surface area (Å²) in [5.41, 5.74) is 2.63. The van der Waals surface area contributed by atoms with Crippen LogP contribution in [0.3, 0.4) is 0 Å². The minimum Gasteiger partial charge on any atom is -0.453 e. The summed E-state index contributed by atoms with van der Waals surface area (Å²) in [6, 6.07) is 13.0. The van der Waals surface area contributed by atoms with Crippen molar-refractivity contribution in [2.75, 3.05) is 56.0 Å². The Labute approximate surface area is 238 Å². The van der Waals surface area contributed by atoms with Gasteiger partial charge in [-0.3, -0.25) is 4.57 Å². The maximum absolute atomic E-state index is 15.6. The number of pyridine rings is 1. The van der Waals surface area contributed by atoms with Crippen LogP contribution in [0.15, 0.2) is 53.0 Å². The number of ether oxygens (including phenoxy) is 1. The Morgan fingerprint density at radius 1 is 1.10 bits per heavy atom. The molecule has 0 unspecified atom stereocenters. The third-order valence-electron chi connectivity index (χ3n) is 6.69. The molecule has 11 nitrogen and oxygen atoms in total. The fourth-order valence-corrected chi connectivity index (χ4v) is 5.37. The summed E-state index contributed by atoms with van der Waals surface area (Å²) in [6.45, 7) is 4.59. The van der Waals surface area contributed by atoms with Gasteiger partial charge >= 0.3 is 6.09 Å². The van der Waals surface area contributed by atoms with Crippen LogP contribution in [-0.4, -0.2) is 80.5 Å². The molecule has 1 amide bonds. The third kappa shape index (κ3) is 6.24. The van der Waals surface area contributed by atoms with E-state index in [1.165, 1.54) is 25.8 Å². The van der Waals surface area contributed by atoms with Crippen molar-refractivity contribution in [1.82, 2.24) is 24.4 Å². The number of nitrogens with zero attached hydrogens (tertiary/aromatic N) is 7. The number of nitrogens with one attached hydrogen (secondary N) is 1. The molecule has 1 aliphatic rings. The van der Waals surface area contributed by atoms with Crippen molar-refractivity contribution in [3.8, 4) is 5.82 Å². The quantitative estimate of drug-likeness (QED) is 0.328. The van der Waals surface area contributed by atoms with Gasteiger partial charge in [0, 0.05) is 66.0 Å². The Bertz CT molecular complexity index is 1680. The predicted octanol–water partition coefficient (Wildman–Crippen LogP) is 4.90. The Balaban J connectivity index is 1.42. The summed E-state index contributed by atoms with van der Waals surface area (Å²) < 4.78 is 38.5. The van der Waals surface area contributed by atoms with Crippen molar-refractivity contribution in [1.29, 1.82) is 0 Å². The van der Waals surface area contributed by atoms with E-state index >= 15 is 4.39 Å². The monoisotopic (exact) mass is 580 g/mol. The lowest BCUT2D eigenvalue weighted by molar-refractivity contribution is 0.121. The van der Waals surface area contributed by atoms with Crippen LogP contribution in [-0.2, 0) is 20.9 Å². The maximum atomic E-state index is 15.6. The fraction of sp³-hybridized carbons (Fsp3) is 0.357. The van der Waals surface area contributed by atoms with Gasteiger partial charge in [-0.1, -0.05) is 19.4 Å². The number of halogens is 1. The first-order chi connectivity index (χ1) is 19.7. The van der Waals surface area contributed by atoms with Crippen LogP contribution in [0.5, 0.6) is 0 Å². The van der Waals surface area contributed by atoms with Crippen molar-refractivity contribution < 1.29 is 18.1 Å². The number of aromatic nitrogens is 4. The summed E-state index contributed by atoms with van der Waals surface area (Å²) in [5, 5.41) is 3.51. The van der Waals surface area contributed by atoms with Gasteiger partial charge in [0.05, 0.1) is 18.2 Å². The highest BCUT2D eigenvalue weighted by atomic mass is 32.2. The molecule has 1 fully saturated rings. The number of amides is 1. The first-order valence-electron chi connectivity index (χ1n) is 13.3. The van der Waals surface area contributed by atoms with E-state index in [2.05, 4.69) is 29.5 Å². The Hall–Kier alpha value is -4.26. The standard InChI is InChI=1S/C28H33FN8O3S/c1-5-7-22-25(29)21-18-30-27(33-26(21)37(22)24-9-6-8-23(32-24)34-41(3,4)39)31-19-10-12-20(13-11-19)35-14-16-36(17-15-35)28(38)40-2/h6,8-13,18H,5,7,14-17H2,1-4H3,(H,30,31,33). The van der Waals surface area contributed by atoms with Crippen molar-refractivity contribution in [2.45, 2.75) is 19.8 Å². The maximum Gasteiger partial charge on any atom is 0.409 e. The van der Waals surface area contributed by atoms with E-state index in [-0.39, 0.29) is 11.9 Å². The van der Waals surface area contributed by atoms with Gasteiger partial charge < -0.3 is 19.9 Å². The van der Waals surface area contributed by atoms with Gasteiger partial charge in [0.1, 0.15) is 5.82 Å². The van der Waals surface area contributed by atoms with Crippen LogP contribution in [0.25, 0.3) is 16.9 Å². The zero-order valence-electron chi connectivity index (χ0n) is 23.5. The molecule has 1 saturated heterocycles. The first kappa shape index (κ1) is 28.3. The van der Waals surface area contributed by atoms with Crippen LogP contribution in [0, 0.1) is 5.82 Å². The van der Waals surface area contributed by atoms with E-state index in [4.69, 9.17) is 4.74 Å². The molecule has 0 aliphatic carbocycles. The van der Waals surface area contributed by atoms with E-state index in [0.717, 1.165) is 17.8 Å². The molecule has 1 N–H and O–H groups in total. The van der Waals surface area contributed by atoms with Crippen molar-refractivity contribution in [2.24, 2.45) is 4.36 Å². The van der Waals surface area contributed by atoms with Gasteiger partial charge in [0.15, 0.2) is 17.3 Å². The first-order valence-corrected chi connectivity index (χ1v) is 15.7. The summed E-state index contributed by atoms with van der Waals surface area (Å²) in [7, 11) is -1.03. The zero-order valence-corrected chi connectivity index (χ0v) is 24.3. The van der Waals surface area contributed by atoms with Crippen LogP contribution >= 0.6 is 0 Å². The number of rotatable bonds is 7. The SMILES string of the molecule is CCCc1c(F)c2cnc(Nc3ccc(N4CCN(C(=O)OC)CC4)cc3)nc2n1-c1cccc(N=S(C)(C)=O)n1. The molecule has 5 rings (SSSR count). The third-order valence-corrected chi connectivity index (χ3v) is 7.32. The number of anilines is 3. The molecule has 41 heavy (non-hydrogen) atoms. The molecule has 4 heterocycles. The molecule has 4 aromatic rings. The van der Waals surface area contributed by atoms with E-state index in [9.17, 15) is 9.00 Å². The topological polar surface area (TPSA) is 118 Å². The van der Waals surface area contributed by atoms with Gasteiger partial charge in [-0.25, -0.2) is 23.4 Å². The molecular weight excluding hydrogens is 547 g/mol. The molecule has 0 bridgehead atoms. The van der Waals surface area contributed by atoms with Crippen LogP contribution in [0.2, 0.25) is 0 Å². The van der Waals surface area contributed by atoms with Gasteiger partial charge in [0.25, 0.3) is 0 Å².